The Morgan fingerprint density at radius 3 is 2.50 bits per heavy atom. The summed E-state index contributed by atoms with van der Waals surface area (Å²) < 4.78 is 0. The highest BCUT2D eigenvalue weighted by molar-refractivity contribution is 6.32. The van der Waals surface area contributed by atoms with E-state index >= 15 is 0 Å². The van der Waals surface area contributed by atoms with Gasteiger partial charge in [0.1, 0.15) is 0 Å². The highest BCUT2D eigenvalue weighted by atomic mass is 16.2. The van der Waals surface area contributed by atoms with Crippen LogP contribution in [0, 0.1) is 6.92 Å². The summed E-state index contributed by atoms with van der Waals surface area (Å²) in [7, 11) is 2.16. The first-order valence-corrected chi connectivity index (χ1v) is 9.03. The molecule has 5 nitrogen and oxygen atoms in total. The van der Waals surface area contributed by atoms with Crippen molar-refractivity contribution >= 4 is 28.5 Å². The Bertz CT molecular complexity index is 849. The fourth-order valence-electron chi connectivity index (χ4n) is 3.56. The van der Waals surface area contributed by atoms with Crippen molar-refractivity contribution in [1.82, 2.24) is 4.90 Å². The number of fused-ring (bicyclic) bond motifs is 1. The van der Waals surface area contributed by atoms with Gasteiger partial charge in [0.25, 0.3) is 5.91 Å². The van der Waals surface area contributed by atoms with E-state index < -0.39 is 0 Å². The minimum absolute atomic E-state index is 0.0594. The molecule has 4 rings (SSSR count). The average Bonchev–Trinajstić information content (AvgIpc) is 2.98. The molecule has 2 aromatic carbocycles. The number of nitrogens with zero attached hydrogens (tertiary/aromatic N) is 2. The van der Waals surface area contributed by atoms with Crippen LogP contribution in [-0.2, 0) is 4.79 Å². The number of aryl methyl sites for hydroxylation is 1. The van der Waals surface area contributed by atoms with Gasteiger partial charge >= 0.3 is 0 Å². The van der Waals surface area contributed by atoms with E-state index in [-0.39, 0.29) is 5.91 Å². The number of rotatable bonds is 3. The summed E-state index contributed by atoms with van der Waals surface area (Å²) >= 11 is 0. The number of hydrogen-bond acceptors (Lipinski definition) is 4. The number of nitrogens with one attached hydrogen (secondary N) is 2. The molecule has 1 amide bonds. The minimum Gasteiger partial charge on any atom is -0.369 e. The normalized spacial score (nSPS) is 18.8. The zero-order valence-electron chi connectivity index (χ0n) is 15.2. The number of likely N-dealkylation sites (N-methyl/N-ethyl adjacent to an activating group) is 1. The van der Waals surface area contributed by atoms with Crippen LogP contribution in [0.5, 0.6) is 0 Å². The van der Waals surface area contributed by atoms with E-state index in [4.69, 9.17) is 0 Å². The molecule has 5 heteroatoms. The Labute approximate surface area is 154 Å². The van der Waals surface area contributed by atoms with Gasteiger partial charge in [-0.05, 0) is 49.9 Å². The number of hydrogen-bond donors (Lipinski definition) is 2. The highest BCUT2D eigenvalue weighted by Crippen LogP contribution is 2.34. The van der Waals surface area contributed by atoms with Crippen LogP contribution in [0.3, 0.4) is 0 Å². The van der Waals surface area contributed by atoms with Crippen LogP contribution in [-0.4, -0.2) is 44.0 Å². The van der Waals surface area contributed by atoms with Gasteiger partial charge in [0, 0.05) is 55.0 Å². The third-order valence-corrected chi connectivity index (χ3v) is 5.15. The maximum absolute atomic E-state index is 12.3. The van der Waals surface area contributed by atoms with Crippen LogP contribution >= 0.6 is 0 Å². The molecule has 0 unspecified atom stereocenters. The van der Waals surface area contributed by atoms with Crippen LogP contribution < -0.4 is 15.5 Å². The van der Waals surface area contributed by atoms with Crippen molar-refractivity contribution in [3.63, 3.8) is 0 Å². The average molecular weight is 348 g/mol. The van der Waals surface area contributed by atoms with Gasteiger partial charge in [0.2, 0.25) is 0 Å². The molecule has 0 spiro atoms. The van der Waals surface area contributed by atoms with Gasteiger partial charge < -0.3 is 20.4 Å². The molecule has 0 atom stereocenters. The molecular formula is C21H24N4O. The van der Waals surface area contributed by atoms with Gasteiger partial charge in [0.05, 0.1) is 5.57 Å². The summed E-state index contributed by atoms with van der Waals surface area (Å²) in [6, 6.07) is 14.3. The second kappa shape index (κ2) is 6.84. The first-order valence-electron chi connectivity index (χ1n) is 9.03. The molecule has 26 heavy (non-hydrogen) atoms. The summed E-state index contributed by atoms with van der Waals surface area (Å²) in [5, 5.41) is 6.20. The zero-order valence-corrected chi connectivity index (χ0v) is 15.2. The molecule has 2 N–H and O–H groups in total. The third-order valence-electron chi connectivity index (χ3n) is 5.15. The maximum atomic E-state index is 12.3. The van der Waals surface area contributed by atoms with E-state index in [1.54, 1.807) is 6.20 Å². The second-order valence-electron chi connectivity index (χ2n) is 6.99. The maximum Gasteiger partial charge on any atom is 0.257 e. The fraction of sp³-hybridized carbons (Fsp3) is 0.286. The molecular weight excluding hydrogens is 324 g/mol. The molecule has 0 radical (unpaired) electrons. The van der Waals surface area contributed by atoms with E-state index in [1.165, 1.54) is 5.69 Å². The smallest absolute Gasteiger partial charge is 0.257 e. The van der Waals surface area contributed by atoms with Crippen molar-refractivity contribution in [3.8, 4) is 0 Å². The Morgan fingerprint density at radius 2 is 1.77 bits per heavy atom. The highest BCUT2D eigenvalue weighted by Gasteiger charge is 2.25. The second-order valence-corrected chi connectivity index (χ2v) is 6.99. The Balaban J connectivity index is 1.49. The van der Waals surface area contributed by atoms with Crippen LogP contribution in [0.15, 0.2) is 48.7 Å². The van der Waals surface area contributed by atoms with Gasteiger partial charge in [-0.25, -0.2) is 0 Å². The van der Waals surface area contributed by atoms with Crippen molar-refractivity contribution in [2.24, 2.45) is 0 Å². The van der Waals surface area contributed by atoms with Crippen molar-refractivity contribution in [1.29, 1.82) is 0 Å². The largest absolute Gasteiger partial charge is 0.369 e. The Kier molecular flexibility index (Phi) is 4.39. The molecule has 2 aliphatic heterocycles. The van der Waals surface area contributed by atoms with Crippen molar-refractivity contribution < 1.29 is 4.79 Å². The molecule has 0 bridgehead atoms. The fourth-order valence-corrected chi connectivity index (χ4v) is 3.56. The van der Waals surface area contributed by atoms with Crippen LogP contribution in [0.25, 0.3) is 5.57 Å². The Hall–Kier alpha value is -2.79. The predicted octanol–water partition coefficient (Wildman–Crippen LogP) is 3.15. The van der Waals surface area contributed by atoms with E-state index in [0.717, 1.165) is 48.7 Å². The SMILES string of the molecule is Cc1cccc2c1C(=CNc1ccc(N3CCN(C)CC3)cc1)C(=O)N2. The minimum atomic E-state index is -0.0594. The van der Waals surface area contributed by atoms with E-state index in [1.807, 2.05) is 25.1 Å². The lowest BCUT2D eigenvalue weighted by Crippen LogP contribution is -2.44. The standard InChI is InChI=1S/C21H24N4O/c1-15-4-3-5-19-20(15)18(21(26)23-19)14-22-16-6-8-17(9-7-16)25-12-10-24(2)11-13-25/h3-9,14,22H,10-13H2,1-2H3,(H,23,26). The van der Waals surface area contributed by atoms with Gasteiger partial charge in [-0.3, -0.25) is 4.79 Å². The summed E-state index contributed by atoms with van der Waals surface area (Å²) in [5.74, 6) is -0.0594. The molecule has 0 aromatic heterocycles. The number of anilines is 3. The van der Waals surface area contributed by atoms with Gasteiger partial charge in [-0.2, -0.15) is 0 Å². The summed E-state index contributed by atoms with van der Waals surface area (Å²) in [4.78, 5) is 17.0. The number of carbonyl (C=O) groups is 1. The van der Waals surface area contributed by atoms with Crippen molar-refractivity contribution in [2.75, 3.05) is 48.8 Å². The van der Waals surface area contributed by atoms with E-state index in [0.29, 0.717) is 5.57 Å². The summed E-state index contributed by atoms with van der Waals surface area (Å²) in [6.45, 7) is 6.34. The summed E-state index contributed by atoms with van der Waals surface area (Å²) in [6.07, 6.45) is 1.80. The monoisotopic (exact) mass is 348 g/mol. The lowest BCUT2D eigenvalue weighted by molar-refractivity contribution is -0.110. The lowest BCUT2D eigenvalue weighted by atomic mass is 10.0. The first kappa shape index (κ1) is 16.7. The molecule has 2 heterocycles. The van der Waals surface area contributed by atoms with Crippen LogP contribution in [0.2, 0.25) is 0 Å². The number of benzene rings is 2. The van der Waals surface area contributed by atoms with Crippen LogP contribution in [0.4, 0.5) is 17.1 Å². The molecule has 2 aliphatic rings. The number of amides is 1. The first-order chi connectivity index (χ1) is 12.6. The van der Waals surface area contributed by atoms with Gasteiger partial charge in [0.15, 0.2) is 0 Å². The zero-order chi connectivity index (χ0) is 18.1. The molecule has 1 saturated heterocycles. The molecule has 134 valence electrons. The van der Waals surface area contributed by atoms with Crippen molar-refractivity contribution in [2.45, 2.75) is 6.92 Å². The quantitative estimate of drug-likeness (QED) is 0.837. The van der Waals surface area contributed by atoms with Gasteiger partial charge in [-0.15, -0.1) is 0 Å². The topological polar surface area (TPSA) is 47.6 Å². The predicted molar refractivity (Wildman–Crippen MR) is 108 cm³/mol. The van der Waals surface area contributed by atoms with Gasteiger partial charge in [-0.1, -0.05) is 12.1 Å². The van der Waals surface area contributed by atoms with Crippen LogP contribution in [0.1, 0.15) is 11.1 Å². The molecule has 1 fully saturated rings. The molecule has 0 saturated carbocycles. The van der Waals surface area contributed by atoms with E-state index in [2.05, 4.69) is 51.7 Å². The van der Waals surface area contributed by atoms with E-state index in [9.17, 15) is 4.79 Å². The third kappa shape index (κ3) is 3.18. The Morgan fingerprint density at radius 1 is 1.04 bits per heavy atom. The summed E-state index contributed by atoms with van der Waals surface area (Å²) in [5.41, 5.74) is 5.87. The lowest BCUT2D eigenvalue weighted by Gasteiger charge is -2.34. The molecule has 0 aliphatic carbocycles. The van der Waals surface area contributed by atoms with Crippen molar-refractivity contribution in [3.05, 3.63) is 59.8 Å². The number of piperazine rings is 1. The number of carbonyl (C=O) groups excluding carboxylic acids is 1. The molecule has 2 aromatic rings.